The van der Waals surface area contributed by atoms with Crippen LogP contribution in [0.2, 0.25) is 10.0 Å². The number of halogens is 3. The van der Waals surface area contributed by atoms with Crippen molar-refractivity contribution in [3.8, 4) is 16.9 Å². The summed E-state index contributed by atoms with van der Waals surface area (Å²) in [7, 11) is 1.54. The van der Waals surface area contributed by atoms with Crippen LogP contribution in [0.3, 0.4) is 0 Å². The molecule has 0 spiro atoms. The third-order valence-electron chi connectivity index (χ3n) is 3.83. The Balaban J connectivity index is 2.07. The van der Waals surface area contributed by atoms with Gasteiger partial charge < -0.3 is 10.1 Å². The van der Waals surface area contributed by atoms with E-state index in [1.165, 1.54) is 16.8 Å². The summed E-state index contributed by atoms with van der Waals surface area (Å²) in [5, 5.41) is 7.86. The molecule has 0 radical (unpaired) electrons. The molecule has 0 unspecified atom stereocenters. The van der Waals surface area contributed by atoms with E-state index < -0.39 is 5.82 Å². The topological polar surface area (TPSA) is 56.1 Å². The second-order valence-electron chi connectivity index (χ2n) is 5.65. The van der Waals surface area contributed by atoms with Crippen molar-refractivity contribution in [1.29, 1.82) is 0 Å². The van der Waals surface area contributed by atoms with E-state index in [1.807, 2.05) is 0 Å². The molecule has 0 aliphatic rings. The molecule has 1 heterocycles. The first-order valence-electron chi connectivity index (χ1n) is 8.09. The zero-order chi connectivity index (χ0) is 19.4. The maximum absolute atomic E-state index is 14.2. The van der Waals surface area contributed by atoms with Crippen molar-refractivity contribution in [3.63, 3.8) is 0 Å². The summed E-state index contributed by atoms with van der Waals surface area (Å²) in [5.41, 5.74) is 1.39. The van der Waals surface area contributed by atoms with Gasteiger partial charge in [-0.2, -0.15) is 5.10 Å². The van der Waals surface area contributed by atoms with Gasteiger partial charge in [0.2, 0.25) is 0 Å². The monoisotopic (exact) mass is 407 g/mol. The predicted octanol–water partition coefficient (Wildman–Crippen LogP) is 4.36. The predicted molar refractivity (Wildman–Crippen MR) is 103 cm³/mol. The molecule has 0 atom stereocenters. The molecule has 0 saturated heterocycles. The van der Waals surface area contributed by atoms with Gasteiger partial charge >= 0.3 is 0 Å². The molecule has 0 aliphatic heterocycles. The number of aromatic nitrogens is 2. The lowest BCUT2D eigenvalue weighted by molar-refractivity contribution is 0.0929. The fraction of sp³-hybridized carbons (Fsp3) is 0.158. The van der Waals surface area contributed by atoms with Crippen LogP contribution in [0.15, 0.2) is 48.5 Å². The van der Waals surface area contributed by atoms with E-state index in [0.717, 1.165) is 0 Å². The first-order valence-corrected chi connectivity index (χ1v) is 8.84. The average Bonchev–Trinajstić information content (AvgIpc) is 3.10. The number of methoxy groups -OCH3 is 1. The fourth-order valence-electron chi connectivity index (χ4n) is 2.51. The van der Waals surface area contributed by atoms with Crippen molar-refractivity contribution in [2.24, 2.45) is 0 Å². The van der Waals surface area contributed by atoms with E-state index in [-0.39, 0.29) is 11.6 Å². The quantitative estimate of drug-likeness (QED) is 0.617. The van der Waals surface area contributed by atoms with Gasteiger partial charge in [0.1, 0.15) is 11.5 Å². The minimum absolute atomic E-state index is 0.239. The van der Waals surface area contributed by atoms with Crippen LogP contribution in [0, 0.1) is 5.82 Å². The van der Waals surface area contributed by atoms with Crippen LogP contribution >= 0.6 is 23.2 Å². The maximum Gasteiger partial charge on any atom is 0.270 e. The van der Waals surface area contributed by atoms with Crippen LogP contribution in [0.4, 0.5) is 4.39 Å². The summed E-state index contributed by atoms with van der Waals surface area (Å²) in [6.45, 7) is 0.698. The minimum Gasteiger partial charge on any atom is -0.383 e. The summed E-state index contributed by atoms with van der Waals surface area (Å²) < 4.78 is 20.5. The molecule has 5 nitrogen and oxygen atoms in total. The van der Waals surface area contributed by atoms with Gasteiger partial charge in [-0.1, -0.05) is 35.3 Å². The highest BCUT2D eigenvalue weighted by Gasteiger charge is 2.19. The Hall–Kier alpha value is -2.41. The van der Waals surface area contributed by atoms with Crippen LogP contribution in [-0.4, -0.2) is 35.9 Å². The number of benzene rings is 2. The number of hydrogen-bond acceptors (Lipinski definition) is 3. The van der Waals surface area contributed by atoms with Crippen LogP contribution in [0.1, 0.15) is 10.5 Å². The number of hydrogen-bond donors (Lipinski definition) is 1. The van der Waals surface area contributed by atoms with E-state index in [2.05, 4.69) is 10.4 Å². The summed E-state index contributed by atoms with van der Waals surface area (Å²) in [5.74, 6) is -0.796. The van der Waals surface area contributed by atoms with Crippen molar-refractivity contribution in [2.75, 3.05) is 20.3 Å². The SMILES string of the molecule is COCCNC(=O)c1cc(-c2ccccc2F)nn1-c1ccc(Cl)c(Cl)c1. The van der Waals surface area contributed by atoms with Gasteiger partial charge in [-0.15, -0.1) is 0 Å². The van der Waals surface area contributed by atoms with E-state index in [0.29, 0.717) is 40.1 Å². The summed E-state index contributed by atoms with van der Waals surface area (Å²) in [4.78, 5) is 12.6. The normalized spacial score (nSPS) is 10.8. The van der Waals surface area contributed by atoms with E-state index in [9.17, 15) is 9.18 Å². The zero-order valence-corrected chi connectivity index (χ0v) is 15.9. The van der Waals surface area contributed by atoms with Crippen molar-refractivity contribution < 1.29 is 13.9 Å². The van der Waals surface area contributed by atoms with Gasteiger partial charge in [0.05, 0.1) is 28.0 Å². The van der Waals surface area contributed by atoms with Crippen molar-refractivity contribution in [2.45, 2.75) is 0 Å². The largest absolute Gasteiger partial charge is 0.383 e. The second-order valence-corrected chi connectivity index (χ2v) is 6.47. The standard InChI is InChI=1S/C19H16Cl2FN3O2/c1-27-9-8-23-19(26)18-11-17(13-4-2-3-5-16(13)22)24-25(18)12-6-7-14(20)15(21)10-12/h2-7,10-11H,8-9H2,1H3,(H,23,26). The number of carbonyl (C=O) groups is 1. The maximum atomic E-state index is 14.2. The molecule has 0 saturated carbocycles. The Morgan fingerprint density at radius 1 is 1.19 bits per heavy atom. The van der Waals surface area contributed by atoms with E-state index in [4.69, 9.17) is 27.9 Å². The van der Waals surface area contributed by atoms with E-state index >= 15 is 0 Å². The Morgan fingerprint density at radius 3 is 2.67 bits per heavy atom. The Morgan fingerprint density at radius 2 is 1.96 bits per heavy atom. The van der Waals surface area contributed by atoms with Gasteiger partial charge in [-0.3, -0.25) is 4.79 Å². The number of nitrogens with zero attached hydrogens (tertiary/aromatic N) is 2. The van der Waals surface area contributed by atoms with Gasteiger partial charge in [0.25, 0.3) is 5.91 Å². The number of rotatable bonds is 6. The highest BCUT2D eigenvalue weighted by Crippen LogP contribution is 2.28. The fourth-order valence-corrected chi connectivity index (χ4v) is 2.81. The van der Waals surface area contributed by atoms with Gasteiger partial charge in [-0.05, 0) is 36.4 Å². The molecule has 3 aromatic rings. The summed E-state index contributed by atoms with van der Waals surface area (Å²) in [6.07, 6.45) is 0. The molecule has 1 aromatic heterocycles. The third-order valence-corrected chi connectivity index (χ3v) is 4.57. The lowest BCUT2D eigenvalue weighted by Crippen LogP contribution is -2.28. The molecule has 8 heteroatoms. The van der Waals surface area contributed by atoms with Gasteiger partial charge in [0, 0.05) is 19.2 Å². The Kier molecular flexibility index (Phi) is 6.11. The van der Waals surface area contributed by atoms with Crippen LogP contribution < -0.4 is 5.32 Å². The molecule has 1 N–H and O–H groups in total. The number of ether oxygens (including phenoxy) is 1. The lowest BCUT2D eigenvalue weighted by atomic mass is 10.1. The van der Waals surface area contributed by atoms with Crippen molar-refractivity contribution >= 4 is 29.1 Å². The van der Waals surface area contributed by atoms with E-state index in [1.54, 1.807) is 43.5 Å². The molecular weight excluding hydrogens is 392 g/mol. The highest BCUT2D eigenvalue weighted by molar-refractivity contribution is 6.42. The number of amides is 1. The van der Waals surface area contributed by atoms with Gasteiger partial charge in [0.15, 0.2) is 0 Å². The molecule has 0 aliphatic carbocycles. The number of nitrogens with one attached hydrogen (secondary N) is 1. The first kappa shape index (κ1) is 19.4. The first-order chi connectivity index (χ1) is 13.0. The lowest BCUT2D eigenvalue weighted by Gasteiger charge is -2.09. The highest BCUT2D eigenvalue weighted by atomic mass is 35.5. The van der Waals surface area contributed by atoms with Crippen LogP contribution in [-0.2, 0) is 4.74 Å². The number of carbonyl (C=O) groups excluding carboxylic acids is 1. The van der Waals surface area contributed by atoms with Crippen molar-refractivity contribution in [1.82, 2.24) is 15.1 Å². The molecule has 3 rings (SSSR count). The average molecular weight is 408 g/mol. The Labute approximate surface area is 165 Å². The summed E-state index contributed by atoms with van der Waals surface area (Å²) >= 11 is 12.1. The van der Waals surface area contributed by atoms with Crippen LogP contribution in [0.5, 0.6) is 0 Å². The zero-order valence-electron chi connectivity index (χ0n) is 14.4. The molecule has 2 aromatic carbocycles. The molecule has 1 amide bonds. The van der Waals surface area contributed by atoms with Gasteiger partial charge in [-0.25, -0.2) is 9.07 Å². The Bertz CT molecular complexity index is 975. The van der Waals surface area contributed by atoms with Crippen LogP contribution in [0.25, 0.3) is 16.9 Å². The molecule has 27 heavy (non-hydrogen) atoms. The second kappa shape index (κ2) is 8.52. The minimum atomic E-state index is -0.428. The summed E-state index contributed by atoms with van der Waals surface area (Å²) in [6, 6.07) is 12.6. The smallest absolute Gasteiger partial charge is 0.270 e. The molecule has 140 valence electrons. The van der Waals surface area contributed by atoms with Crippen molar-refractivity contribution in [3.05, 3.63) is 70.1 Å². The molecule has 0 fully saturated rings. The molecular formula is C19H16Cl2FN3O2. The molecule has 0 bridgehead atoms. The third kappa shape index (κ3) is 4.30.